The summed E-state index contributed by atoms with van der Waals surface area (Å²) in [5.41, 5.74) is 6.42. The molecule has 3 nitrogen and oxygen atoms in total. The van der Waals surface area contributed by atoms with Crippen LogP contribution in [0.1, 0.15) is 27.7 Å². The van der Waals surface area contributed by atoms with Crippen LogP contribution < -0.4 is 5.46 Å². The number of fused-ring (bicyclic) bond motifs is 6. The van der Waals surface area contributed by atoms with Gasteiger partial charge in [0.1, 0.15) is 0 Å². The van der Waals surface area contributed by atoms with Crippen molar-refractivity contribution in [1.82, 2.24) is 4.57 Å². The summed E-state index contributed by atoms with van der Waals surface area (Å²) < 4.78 is 17.7. The van der Waals surface area contributed by atoms with E-state index in [4.69, 9.17) is 9.31 Å². The zero-order chi connectivity index (χ0) is 27.9. The predicted molar refractivity (Wildman–Crippen MR) is 175 cm³/mol. The highest BCUT2D eigenvalue weighted by Gasteiger charge is 2.51. The summed E-state index contributed by atoms with van der Waals surface area (Å²) in [6.07, 6.45) is 0. The van der Waals surface area contributed by atoms with Crippen molar-refractivity contribution in [1.29, 1.82) is 0 Å². The van der Waals surface area contributed by atoms with E-state index in [0.717, 1.165) is 5.46 Å². The second-order valence-electron chi connectivity index (χ2n) is 12.1. The molecule has 0 N–H and O–H groups in total. The summed E-state index contributed by atoms with van der Waals surface area (Å²) in [7, 11) is -0.372. The molecular formula is C36H30BNO2S. The maximum Gasteiger partial charge on any atom is 0.494 e. The minimum atomic E-state index is -0.372. The molecule has 2 aromatic heterocycles. The fourth-order valence-electron chi connectivity index (χ4n) is 6.14. The second kappa shape index (κ2) is 8.80. The molecule has 0 atom stereocenters. The van der Waals surface area contributed by atoms with Crippen molar-refractivity contribution in [2.45, 2.75) is 38.9 Å². The Bertz CT molecular complexity index is 2110. The summed E-state index contributed by atoms with van der Waals surface area (Å²) in [6.45, 7) is 8.41. The number of hydrogen-bond donors (Lipinski definition) is 0. The lowest BCUT2D eigenvalue weighted by molar-refractivity contribution is 0.00578. The van der Waals surface area contributed by atoms with E-state index in [1.807, 2.05) is 11.3 Å². The van der Waals surface area contributed by atoms with Crippen LogP contribution in [-0.2, 0) is 9.31 Å². The molecule has 0 radical (unpaired) electrons. The van der Waals surface area contributed by atoms with Gasteiger partial charge in [0.15, 0.2) is 0 Å². The number of hydrogen-bond acceptors (Lipinski definition) is 3. The molecule has 8 rings (SSSR count). The normalized spacial score (nSPS) is 16.4. The Morgan fingerprint density at radius 1 is 0.585 bits per heavy atom. The van der Waals surface area contributed by atoms with Gasteiger partial charge in [0, 0.05) is 26.2 Å². The highest BCUT2D eigenvalue weighted by atomic mass is 32.1. The van der Waals surface area contributed by atoms with Crippen molar-refractivity contribution in [2.75, 3.05) is 0 Å². The van der Waals surface area contributed by atoms with Crippen LogP contribution in [-0.4, -0.2) is 22.9 Å². The SMILES string of the molecule is CC1(C)OB(c2ccc3c(c2)sc2c(-n4c5ccccc5c5ccc(-c6ccccc6)cc54)cccc23)OC1(C)C. The van der Waals surface area contributed by atoms with E-state index in [0.29, 0.717) is 0 Å². The minimum absolute atomic E-state index is 0.366. The molecule has 41 heavy (non-hydrogen) atoms. The van der Waals surface area contributed by atoms with Gasteiger partial charge in [0.25, 0.3) is 0 Å². The first kappa shape index (κ1) is 24.9. The third kappa shape index (κ3) is 3.73. The first-order chi connectivity index (χ1) is 19.8. The van der Waals surface area contributed by atoms with Gasteiger partial charge in [-0.15, -0.1) is 11.3 Å². The molecular weight excluding hydrogens is 521 g/mol. The summed E-state index contributed by atoms with van der Waals surface area (Å²) in [5.74, 6) is 0. The van der Waals surface area contributed by atoms with Crippen LogP contribution in [0.3, 0.4) is 0 Å². The Balaban J connectivity index is 1.34. The van der Waals surface area contributed by atoms with E-state index in [-0.39, 0.29) is 18.3 Å². The monoisotopic (exact) mass is 551 g/mol. The quantitative estimate of drug-likeness (QED) is 0.205. The van der Waals surface area contributed by atoms with Crippen molar-refractivity contribution in [3.8, 4) is 16.8 Å². The van der Waals surface area contributed by atoms with Gasteiger partial charge in [-0.3, -0.25) is 0 Å². The second-order valence-corrected chi connectivity index (χ2v) is 13.1. The molecule has 0 spiro atoms. The molecule has 5 aromatic carbocycles. The number of aromatic nitrogens is 1. The number of nitrogens with zero attached hydrogens (tertiary/aromatic N) is 1. The fourth-order valence-corrected chi connectivity index (χ4v) is 7.40. The van der Waals surface area contributed by atoms with Gasteiger partial charge >= 0.3 is 7.12 Å². The van der Waals surface area contributed by atoms with Crippen LogP contribution in [0.2, 0.25) is 0 Å². The number of benzene rings is 5. The number of rotatable bonds is 3. The Hall–Kier alpha value is -3.90. The van der Waals surface area contributed by atoms with Gasteiger partial charge in [-0.25, -0.2) is 0 Å². The molecule has 0 saturated carbocycles. The maximum absolute atomic E-state index is 6.38. The zero-order valence-corrected chi connectivity index (χ0v) is 24.5. The van der Waals surface area contributed by atoms with Crippen LogP contribution in [0.5, 0.6) is 0 Å². The van der Waals surface area contributed by atoms with E-state index in [2.05, 4.69) is 141 Å². The molecule has 1 aliphatic heterocycles. The highest BCUT2D eigenvalue weighted by Crippen LogP contribution is 2.42. The standard InChI is InChI=1S/C36H30BNO2S/c1-35(2)36(3,4)40-37(39-35)25-18-20-28-29-14-10-16-31(34(29)41-33(28)22-25)38-30-15-9-8-13-26(30)27-19-17-24(21-32(27)38)23-11-6-5-7-12-23/h5-22H,1-4H3. The van der Waals surface area contributed by atoms with E-state index >= 15 is 0 Å². The Morgan fingerprint density at radius 3 is 2.07 bits per heavy atom. The summed E-state index contributed by atoms with van der Waals surface area (Å²) in [4.78, 5) is 0. The van der Waals surface area contributed by atoms with Crippen molar-refractivity contribution < 1.29 is 9.31 Å². The fraction of sp³-hybridized carbons (Fsp3) is 0.167. The van der Waals surface area contributed by atoms with E-state index < -0.39 is 0 Å². The minimum Gasteiger partial charge on any atom is -0.399 e. The molecule has 5 heteroatoms. The summed E-state index contributed by atoms with van der Waals surface area (Å²) in [5, 5.41) is 5.07. The first-order valence-electron chi connectivity index (χ1n) is 14.2. The summed E-state index contributed by atoms with van der Waals surface area (Å²) >= 11 is 1.85. The van der Waals surface area contributed by atoms with Gasteiger partial charge in [-0.1, -0.05) is 84.9 Å². The van der Waals surface area contributed by atoms with Crippen LogP contribution >= 0.6 is 11.3 Å². The van der Waals surface area contributed by atoms with Crippen LogP contribution in [0.15, 0.2) is 109 Å². The predicted octanol–water partition coefficient (Wildman–Crippen LogP) is 9.12. The van der Waals surface area contributed by atoms with Gasteiger partial charge in [-0.2, -0.15) is 0 Å². The third-order valence-electron chi connectivity index (χ3n) is 9.05. The molecule has 0 unspecified atom stereocenters. The lowest BCUT2D eigenvalue weighted by Crippen LogP contribution is -2.41. The maximum atomic E-state index is 6.38. The topological polar surface area (TPSA) is 23.4 Å². The average Bonchev–Trinajstić information content (AvgIpc) is 3.59. The van der Waals surface area contributed by atoms with E-state index in [1.165, 1.54) is 58.8 Å². The average molecular weight is 552 g/mol. The molecule has 1 aliphatic rings. The van der Waals surface area contributed by atoms with Gasteiger partial charge in [0.05, 0.1) is 32.6 Å². The van der Waals surface area contributed by atoms with E-state index in [9.17, 15) is 0 Å². The molecule has 7 aromatic rings. The first-order valence-corrected chi connectivity index (χ1v) is 15.0. The van der Waals surface area contributed by atoms with Crippen molar-refractivity contribution in [3.63, 3.8) is 0 Å². The van der Waals surface area contributed by atoms with Crippen molar-refractivity contribution in [3.05, 3.63) is 109 Å². The molecule has 1 saturated heterocycles. The van der Waals surface area contributed by atoms with Crippen molar-refractivity contribution >= 4 is 65.9 Å². The van der Waals surface area contributed by atoms with E-state index in [1.54, 1.807) is 0 Å². The molecule has 200 valence electrons. The zero-order valence-electron chi connectivity index (χ0n) is 23.6. The van der Waals surface area contributed by atoms with Gasteiger partial charge < -0.3 is 13.9 Å². The number of para-hydroxylation sites is 1. The molecule has 3 heterocycles. The molecule has 1 fully saturated rings. The molecule has 0 amide bonds. The summed E-state index contributed by atoms with van der Waals surface area (Å²) in [6, 6.07) is 39.6. The Morgan fingerprint density at radius 2 is 1.27 bits per heavy atom. The largest absolute Gasteiger partial charge is 0.494 e. The lowest BCUT2D eigenvalue weighted by Gasteiger charge is -2.32. The molecule has 0 bridgehead atoms. The van der Waals surface area contributed by atoms with Crippen molar-refractivity contribution in [2.24, 2.45) is 0 Å². The van der Waals surface area contributed by atoms with Gasteiger partial charge in [-0.05, 0) is 68.6 Å². The smallest absolute Gasteiger partial charge is 0.399 e. The molecule has 0 aliphatic carbocycles. The third-order valence-corrected chi connectivity index (χ3v) is 10.2. The van der Waals surface area contributed by atoms with Crippen LogP contribution in [0, 0.1) is 0 Å². The van der Waals surface area contributed by atoms with Crippen LogP contribution in [0.4, 0.5) is 0 Å². The Kier molecular flexibility index (Phi) is 5.34. The van der Waals surface area contributed by atoms with Crippen LogP contribution in [0.25, 0.3) is 58.8 Å². The van der Waals surface area contributed by atoms with Gasteiger partial charge in [0.2, 0.25) is 0 Å². The lowest BCUT2D eigenvalue weighted by atomic mass is 9.79. The highest BCUT2D eigenvalue weighted by molar-refractivity contribution is 7.26. The number of thiophene rings is 1. The Labute approximate surface area is 244 Å².